The fourth-order valence-electron chi connectivity index (χ4n) is 3.12. The van der Waals surface area contributed by atoms with E-state index in [1.165, 1.54) is 83.5 Å². The van der Waals surface area contributed by atoms with E-state index in [1.807, 2.05) is 0 Å². The van der Waals surface area contributed by atoms with Gasteiger partial charge in [0.05, 0.1) is 0 Å². The van der Waals surface area contributed by atoms with E-state index in [2.05, 4.69) is 33.0 Å². The van der Waals surface area contributed by atoms with E-state index < -0.39 is 0 Å². The Bertz CT molecular complexity index is 190. The summed E-state index contributed by atoms with van der Waals surface area (Å²) < 4.78 is 0. The smallest absolute Gasteiger partial charge is 0.00694 e. The molecular weight excluding hydrogens is 254 g/mol. The first-order valence-corrected chi connectivity index (χ1v) is 9.97. The molecule has 0 amide bonds. The molecule has 21 heavy (non-hydrogen) atoms. The van der Waals surface area contributed by atoms with Gasteiger partial charge in [-0.05, 0) is 25.3 Å². The van der Waals surface area contributed by atoms with Gasteiger partial charge in [-0.3, -0.25) is 0 Å². The molecule has 0 aliphatic rings. The van der Waals surface area contributed by atoms with Crippen molar-refractivity contribution in [2.45, 2.75) is 117 Å². The third kappa shape index (κ3) is 14.7. The van der Waals surface area contributed by atoms with Crippen molar-refractivity contribution in [3.05, 3.63) is 0 Å². The second-order valence-corrected chi connectivity index (χ2v) is 6.97. The molecule has 0 saturated heterocycles. The van der Waals surface area contributed by atoms with Gasteiger partial charge < -0.3 is 5.32 Å². The van der Waals surface area contributed by atoms with Crippen LogP contribution < -0.4 is 5.32 Å². The lowest BCUT2D eigenvalue weighted by Crippen LogP contribution is -2.30. The van der Waals surface area contributed by atoms with Crippen LogP contribution in [-0.4, -0.2) is 12.6 Å². The van der Waals surface area contributed by atoms with Crippen molar-refractivity contribution in [3.63, 3.8) is 0 Å². The van der Waals surface area contributed by atoms with Crippen LogP contribution in [0.15, 0.2) is 0 Å². The predicted octanol–water partition coefficient (Wildman–Crippen LogP) is 6.71. The zero-order valence-corrected chi connectivity index (χ0v) is 15.6. The van der Waals surface area contributed by atoms with Crippen molar-refractivity contribution < 1.29 is 0 Å². The van der Waals surface area contributed by atoms with Gasteiger partial charge >= 0.3 is 0 Å². The molecule has 0 fully saturated rings. The van der Waals surface area contributed by atoms with Gasteiger partial charge in [0.2, 0.25) is 0 Å². The van der Waals surface area contributed by atoms with Crippen molar-refractivity contribution in [1.82, 2.24) is 5.32 Å². The Kier molecular flexibility index (Phi) is 16.3. The summed E-state index contributed by atoms with van der Waals surface area (Å²) in [6.45, 7) is 10.4. The maximum absolute atomic E-state index is 3.68. The minimum absolute atomic E-state index is 0.763. The summed E-state index contributed by atoms with van der Waals surface area (Å²) in [4.78, 5) is 0. The van der Waals surface area contributed by atoms with Crippen molar-refractivity contribution in [1.29, 1.82) is 0 Å². The largest absolute Gasteiger partial charge is 0.314 e. The van der Waals surface area contributed by atoms with Gasteiger partial charge in [0.1, 0.15) is 0 Å². The SMILES string of the molecule is CCCCCCCCCCCCC(CC(C)CC)NCC. The minimum Gasteiger partial charge on any atom is -0.314 e. The van der Waals surface area contributed by atoms with Crippen molar-refractivity contribution >= 4 is 0 Å². The molecule has 2 unspecified atom stereocenters. The number of hydrogen-bond acceptors (Lipinski definition) is 1. The minimum atomic E-state index is 0.763. The van der Waals surface area contributed by atoms with E-state index in [0.29, 0.717) is 0 Å². The molecule has 0 heterocycles. The Morgan fingerprint density at radius 2 is 1.24 bits per heavy atom. The molecule has 0 aromatic carbocycles. The molecule has 0 spiro atoms. The predicted molar refractivity (Wildman–Crippen MR) is 98.0 cm³/mol. The molecule has 0 radical (unpaired) electrons. The third-order valence-electron chi connectivity index (χ3n) is 4.78. The molecule has 0 saturated carbocycles. The summed E-state index contributed by atoms with van der Waals surface area (Å²) in [5.41, 5.74) is 0. The highest BCUT2D eigenvalue weighted by Gasteiger charge is 2.10. The summed E-state index contributed by atoms with van der Waals surface area (Å²) in [6, 6.07) is 0.763. The summed E-state index contributed by atoms with van der Waals surface area (Å²) in [6.07, 6.45) is 18.5. The van der Waals surface area contributed by atoms with Crippen LogP contribution >= 0.6 is 0 Å². The van der Waals surface area contributed by atoms with Gasteiger partial charge in [0, 0.05) is 6.04 Å². The van der Waals surface area contributed by atoms with Crippen LogP contribution in [0.3, 0.4) is 0 Å². The Morgan fingerprint density at radius 1 is 0.714 bits per heavy atom. The Morgan fingerprint density at radius 3 is 1.71 bits per heavy atom. The topological polar surface area (TPSA) is 12.0 Å². The lowest BCUT2D eigenvalue weighted by molar-refractivity contribution is 0.370. The molecular formula is C20H43N. The van der Waals surface area contributed by atoms with E-state index in [4.69, 9.17) is 0 Å². The summed E-state index contributed by atoms with van der Waals surface area (Å²) in [5, 5.41) is 3.68. The normalized spacial score (nSPS) is 14.3. The van der Waals surface area contributed by atoms with Gasteiger partial charge in [-0.25, -0.2) is 0 Å². The number of hydrogen-bond donors (Lipinski definition) is 1. The van der Waals surface area contributed by atoms with Crippen LogP contribution in [0.25, 0.3) is 0 Å². The number of rotatable bonds is 16. The summed E-state index contributed by atoms with van der Waals surface area (Å²) >= 11 is 0. The molecule has 0 aliphatic carbocycles. The van der Waals surface area contributed by atoms with Crippen molar-refractivity contribution in [3.8, 4) is 0 Å². The van der Waals surface area contributed by atoms with E-state index in [9.17, 15) is 0 Å². The molecule has 128 valence electrons. The Hall–Kier alpha value is -0.0400. The summed E-state index contributed by atoms with van der Waals surface area (Å²) in [5.74, 6) is 0.872. The quantitative estimate of drug-likeness (QED) is 0.312. The van der Waals surface area contributed by atoms with Crippen LogP contribution in [0.5, 0.6) is 0 Å². The highest BCUT2D eigenvalue weighted by molar-refractivity contribution is 4.69. The molecule has 0 rings (SSSR count). The third-order valence-corrected chi connectivity index (χ3v) is 4.78. The van der Waals surface area contributed by atoms with E-state index in [-0.39, 0.29) is 0 Å². The second-order valence-electron chi connectivity index (χ2n) is 6.97. The zero-order chi connectivity index (χ0) is 15.8. The molecule has 1 N–H and O–H groups in total. The Balaban J connectivity index is 3.41. The average Bonchev–Trinajstić information content (AvgIpc) is 2.49. The molecule has 0 bridgehead atoms. The zero-order valence-electron chi connectivity index (χ0n) is 15.6. The molecule has 0 aliphatic heterocycles. The average molecular weight is 298 g/mol. The maximum atomic E-state index is 3.68. The standard InChI is InChI=1S/C20H43N/c1-5-8-9-10-11-12-13-14-15-16-17-20(21-7-3)18-19(4)6-2/h19-21H,5-18H2,1-4H3. The van der Waals surface area contributed by atoms with E-state index >= 15 is 0 Å². The molecule has 1 heteroatoms. The molecule has 0 aromatic rings. The fourth-order valence-corrected chi connectivity index (χ4v) is 3.12. The lowest BCUT2D eigenvalue weighted by atomic mass is 9.95. The highest BCUT2D eigenvalue weighted by Crippen LogP contribution is 2.16. The monoisotopic (exact) mass is 297 g/mol. The van der Waals surface area contributed by atoms with Gasteiger partial charge in [-0.2, -0.15) is 0 Å². The van der Waals surface area contributed by atoms with Crippen LogP contribution in [-0.2, 0) is 0 Å². The Labute approximate surface area is 135 Å². The molecule has 1 nitrogen and oxygen atoms in total. The van der Waals surface area contributed by atoms with Gasteiger partial charge in [-0.1, -0.05) is 98.3 Å². The van der Waals surface area contributed by atoms with Gasteiger partial charge in [0.15, 0.2) is 0 Å². The maximum Gasteiger partial charge on any atom is 0.00694 e. The lowest BCUT2D eigenvalue weighted by Gasteiger charge is -2.21. The van der Waals surface area contributed by atoms with Crippen LogP contribution in [0.1, 0.15) is 111 Å². The van der Waals surface area contributed by atoms with Crippen LogP contribution in [0, 0.1) is 5.92 Å². The number of nitrogens with one attached hydrogen (secondary N) is 1. The van der Waals surface area contributed by atoms with Gasteiger partial charge in [-0.15, -0.1) is 0 Å². The second kappa shape index (κ2) is 16.3. The molecule has 2 atom stereocenters. The van der Waals surface area contributed by atoms with Gasteiger partial charge in [0.25, 0.3) is 0 Å². The first-order valence-electron chi connectivity index (χ1n) is 9.97. The van der Waals surface area contributed by atoms with Crippen LogP contribution in [0.4, 0.5) is 0 Å². The molecule has 0 aromatic heterocycles. The fraction of sp³-hybridized carbons (Fsp3) is 1.00. The first kappa shape index (κ1) is 21.0. The highest BCUT2D eigenvalue weighted by atomic mass is 14.9. The number of unbranched alkanes of at least 4 members (excludes halogenated alkanes) is 9. The first-order chi connectivity index (χ1) is 10.2. The van der Waals surface area contributed by atoms with Crippen molar-refractivity contribution in [2.75, 3.05) is 6.54 Å². The van der Waals surface area contributed by atoms with Crippen LogP contribution in [0.2, 0.25) is 0 Å². The van der Waals surface area contributed by atoms with E-state index in [1.54, 1.807) is 0 Å². The van der Waals surface area contributed by atoms with Crippen molar-refractivity contribution in [2.24, 2.45) is 5.92 Å². The summed E-state index contributed by atoms with van der Waals surface area (Å²) in [7, 11) is 0. The van der Waals surface area contributed by atoms with E-state index in [0.717, 1.165) is 18.5 Å².